The molecule has 10 heteroatoms. The smallest absolute Gasteiger partial charge is 0.230 e. The fraction of sp³-hybridized carbons (Fsp3) is 0.391. The Balaban J connectivity index is 1.13. The van der Waals surface area contributed by atoms with E-state index in [9.17, 15) is 13.2 Å². The standard InChI is InChI=1S/C23H25N5O4S/c29-21(10-15-33(30,31)19-4-2-1-3-5-19)28-13-11-27(12-14-28)20-9-8-18(16-24-20)22-25-23(32-26-22)17-6-7-17/h1-5,8-9,16-17H,6-7,10-15H2. The molecule has 2 fully saturated rings. The molecular weight excluding hydrogens is 442 g/mol. The number of piperazine rings is 1. The lowest BCUT2D eigenvalue weighted by atomic mass is 10.2. The molecule has 1 saturated carbocycles. The second kappa shape index (κ2) is 8.93. The molecule has 0 bridgehead atoms. The number of benzene rings is 1. The van der Waals surface area contributed by atoms with Gasteiger partial charge in [-0.05, 0) is 37.1 Å². The monoisotopic (exact) mass is 467 g/mol. The third-order valence-electron chi connectivity index (χ3n) is 6.02. The molecular formula is C23H25N5O4S. The second-order valence-electron chi connectivity index (χ2n) is 8.39. The number of nitrogens with zero attached hydrogens (tertiary/aromatic N) is 5. The zero-order chi connectivity index (χ0) is 22.8. The summed E-state index contributed by atoms with van der Waals surface area (Å²) in [5.41, 5.74) is 0.808. The van der Waals surface area contributed by atoms with E-state index in [4.69, 9.17) is 4.52 Å². The Morgan fingerprint density at radius 3 is 2.45 bits per heavy atom. The van der Waals surface area contributed by atoms with E-state index in [-0.39, 0.29) is 23.0 Å². The first kappa shape index (κ1) is 21.6. The number of amides is 1. The van der Waals surface area contributed by atoms with E-state index in [0.29, 0.717) is 43.8 Å². The van der Waals surface area contributed by atoms with Gasteiger partial charge in [-0.25, -0.2) is 13.4 Å². The number of hydrogen-bond donors (Lipinski definition) is 0. The van der Waals surface area contributed by atoms with Crippen LogP contribution in [0.2, 0.25) is 0 Å². The summed E-state index contributed by atoms with van der Waals surface area (Å²) < 4.78 is 30.2. The third kappa shape index (κ3) is 4.90. The van der Waals surface area contributed by atoms with Gasteiger partial charge in [-0.3, -0.25) is 4.79 Å². The highest BCUT2D eigenvalue weighted by Crippen LogP contribution is 2.39. The summed E-state index contributed by atoms with van der Waals surface area (Å²) in [5, 5.41) is 4.05. The Labute approximate surface area is 192 Å². The lowest BCUT2D eigenvalue weighted by Gasteiger charge is -2.35. The van der Waals surface area contributed by atoms with Crippen molar-refractivity contribution < 1.29 is 17.7 Å². The summed E-state index contributed by atoms with van der Waals surface area (Å²) in [5.74, 6) is 2.17. The van der Waals surface area contributed by atoms with Gasteiger partial charge >= 0.3 is 0 Å². The molecule has 0 radical (unpaired) electrons. The van der Waals surface area contributed by atoms with Gasteiger partial charge in [-0.1, -0.05) is 23.4 Å². The normalized spacial score (nSPS) is 16.7. The largest absolute Gasteiger partial charge is 0.353 e. The maximum atomic E-state index is 12.6. The molecule has 3 aromatic rings. The van der Waals surface area contributed by atoms with Crippen molar-refractivity contribution in [2.75, 3.05) is 36.8 Å². The van der Waals surface area contributed by atoms with Crippen LogP contribution in [0.1, 0.15) is 31.1 Å². The van der Waals surface area contributed by atoms with E-state index < -0.39 is 9.84 Å². The van der Waals surface area contributed by atoms with Crippen molar-refractivity contribution in [3.8, 4) is 11.4 Å². The molecule has 0 N–H and O–H groups in total. The lowest BCUT2D eigenvalue weighted by molar-refractivity contribution is -0.131. The van der Waals surface area contributed by atoms with Crippen LogP contribution in [-0.2, 0) is 14.6 Å². The van der Waals surface area contributed by atoms with Crippen molar-refractivity contribution in [1.82, 2.24) is 20.0 Å². The molecule has 0 spiro atoms. The Hall–Kier alpha value is -3.27. The number of pyridine rings is 1. The molecule has 3 heterocycles. The molecule has 1 aliphatic carbocycles. The van der Waals surface area contributed by atoms with Crippen molar-refractivity contribution in [2.45, 2.75) is 30.1 Å². The number of sulfone groups is 1. The fourth-order valence-electron chi connectivity index (χ4n) is 3.86. The third-order valence-corrected chi connectivity index (χ3v) is 7.75. The van der Waals surface area contributed by atoms with Crippen LogP contribution in [0.25, 0.3) is 11.4 Å². The minimum absolute atomic E-state index is 0.0162. The van der Waals surface area contributed by atoms with Gasteiger partial charge in [0, 0.05) is 50.3 Å². The van der Waals surface area contributed by atoms with E-state index in [2.05, 4.69) is 20.0 Å². The highest BCUT2D eigenvalue weighted by molar-refractivity contribution is 7.91. The van der Waals surface area contributed by atoms with Gasteiger partial charge in [0.2, 0.25) is 17.6 Å². The quantitative estimate of drug-likeness (QED) is 0.521. The summed E-state index contributed by atoms with van der Waals surface area (Å²) in [4.78, 5) is 25.7. The van der Waals surface area contributed by atoms with Crippen LogP contribution in [0.5, 0.6) is 0 Å². The Kier molecular flexibility index (Phi) is 5.84. The van der Waals surface area contributed by atoms with Crippen molar-refractivity contribution in [2.24, 2.45) is 0 Å². The molecule has 33 heavy (non-hydrogen) atoms. The first-order valence-corrected chi connectivity index (χ1v) is 12.8. The van der Waals surface area contributed by atoms with Gasteiger partial charge in [0.05, 0.1) is 10.6 Å². The zero-order valence-electron chi connectivity index (χ0n) is 18.1. The summed E-state index contributed by atoms with van der Waals surface area (Å²) in [6.07, 6.45) is 3.94. The predicted octanol–water partition coefficient (Wildman–Crippen LogP) is 2.52. The first-order chi connectivity index (χ1) is 16.0. The van der Waals surface area contributed by atoms with E-state index in [1.54, 1.807) is 41.4 Å². The zero-order valence-corrected chi connectivity index (χ0v) is 18.9. The number of carbonyl (C=O) groups excluding carboxylic acids is 1. The Morgan fingerprint density at radius 2 is 1.79 bits per heavy atom. The molecule has 172 valence electrons. The van der Waals surface area contributed by atoms with Gasteiger partial charge in [0.25, 0.3) is 0 Å². The van der Waals surface area contributed by atoms with Crippen LogP contribution in [0.3, 0.4) is 0 Å². The van der Waals surface area contributed by atoms with E-state index in [1.165, 1.54) is 0 Å². The molecule has 2 aliphatic rings. The molecule has 1 amide bonds. The van der Waals surface area contributed by atoms with Crippen LogP contribution >= 0.6 is 0 Å². The summed E-state index contributed by atoms with van der Waals surface area (Å²) >= 11 is 0. The van der Waals surface area contributed by atoms with E-state index >= 15 is 0 Å². The molecule has 5 rings (SSSR count). The molecule has 1 aromatic carbocycles. The van der Waals surface area contributed by atoms with E-state index in [0.717, 1.165) is 24.2 Å². The van der Waals surface area contributed by atoms with Crippen LogP contribution in [-0.4, -0.2) is 66.3 Å². The number of anilines is 1. The van der Waals surface area contributed by atoms with Gasteiger partial charge in [-0.2, -0.15) is 4.98 Å². The second-order valence-corrected chi connectivity index (χ2v) is 10.5. The average molecular weight is 468 g/mol. The number of aromatic nitrogens is 3. The summed E-state index contributed by atoms with van der Waals surface area (Å²) in [6, 6.07) is 12.1. The molecule has 1 saturated heterocycles. The van der Waals surface area contributed by atoms with Crippen molar-refractivity contribution in [1.29, 1.82) is 0 Å². The van der Waals surface area contributed by atoms with Crippen LogP contribution in [0, 0.1) is 0 Å². The van der Waals surface area contributed by atoms with Crippen LogP contribution in [0.4, 0.5) is 5.82 Å². The maximum Gasteiger partial charge on any atom is 0.230 e. The maximum absolute atomic E-state index is 12.6. The molecule has 2 aromatic heterocycles. The van der Waals surface area contributed by atoms with Gasteiger partial charge < -0.3 is 14.3 Å². The summed E-state index contributed by atoms with van der Waals surface area (Å²) in [6.45, 7) is 2.33. The van der Waals surface area contributed by atoms with Crippen molar-refractivity contribution in [3.63, 3.8) is 0 Å². The molecule has 0 unspecified atom stereocenters. The lowest BCUT2D eigenvalue weighted by Crippen LogP contribution is -2.49. The minimum atomic E-state index is -3.46. The van der Waals surface area contributed by atoms with Gasteiger partial charge in [-0.15, -0.1) is 0 Å². The number of hydrogen-bond acceptors (Lipinski definition) is 8. The number of rotatable bonds is 7. The van der Waals surface area contributed by atoms with E-state index in [1.807, 2.05) is 12.1 Å². The van der Waals surface area contributed by atoms with Crippen molar-refractivity contribution >= 4 is 21.6 Å². The van der Waals surface area contributed by atoms with Crippen molar-refractivity contribution in [3.05, 3.63) is 54.6 Å². The topological polar surface area (TPSA) is 110 Å². The minimum Gasteiger partial charge on any atom is -0.353 e. The Bertz CT molecular complexity index is 1220. The summed E-state index contributed by atoms with van der Waals surface area (Å²) in [7, 11) is -3.46. The number of carbonyl (C=O) groups is 1. The first-order valence-electron chi connectivity index (χ1n) is 11.1. The average Bonchev–Trinajstić information content (AvgIpc) is 3.60. The van der Waals surface area contributed by atoms with Gasteiger partial charge in [0.15, 0.2) is 9.84 Å². The fourth-order valence-corrected chi connectivity index (χ4v) is 5.12. The van der Waals surface area contributed by atoms with Crippen LogP contribution in [0.15, 0.2) is 58.1 Å². The van der Waals surface area contributed by atoms with Gasteiger partial charge in [0.1, 0.15) is 5.82 Å². The molecule has 0 atom stereocenters. The molecule has 1 aliphatic heterocycles. The molecule has 9 nitrogen and oxygen atoms in total. The highest BCUT2D eigenvalue weighted by atomic mass is 32.2. The predicted molar refractivity (Wildman–Crippen MR) is 121 cm³/mol. The highest BCUT2D eigenvalue weighted by Gasteiger charge is 2.30. The Morgan fingerprint density at radius 1 is 1.03 bits per heavy atom. The SMILES string of the molecule is O=C(CCS(=O)(=O)c1ccccc1)N1CCN(c2ccc(-c3noc(C4CC4)n3)cn2)CC1. The van der Waals surface area contributed by atoms with Crippen LogP contribution < -0.4 is 4.90 Å².